The second kappa shape index (κ2) is 9.28. The highest BCUT2D eigenvalue weighted by Crippen LogP contribution is 2.24. The van der Waals surface area contributed by atoms with E-state index >= 15 is 0 Å². The Morgan fingerprint density at radius 1 is 1.22 bits per heavy atom. The van der Waals surface area contributed by atoms with Gasteiger partial charge in [-0.15, -0.1) is 11.8 Å². The zero-order valence-electron chi connectivity index (χ0n) is 15.4. The third kappa shape index (κ3) is 5.37. The first-order valence-electron chi connectivity index (χ1n) is 8.79. The maximum absolute atomic E-state index is 12.2. The molecule has 1 amide bonds. The number of nitrogens with one attached hydrogen (secondary N) is 1. The molecule has 1 aromatic heterocycles. The number of amides is 1. The molecule has 0 saturated carbocycles. The van der Waals surface area contributed by atoms with Crippen LogP contribution >= 0.6 is 11.8 Å². The van der Waals surface area contributed by atoms with Crippen molar-refractivity contribution in [2.24, 2.45) is 0 Å². The quantitative estimate of drug-likeness (QED) is 0.553. The minimum absolute atomic E-state index is 0.0610. The molecule has 0 spiro atoms. The van der Waals surface area contributed by atoms with Crippen LogP contribution in [0, 0.1) is 0 Å². The molecular formula is C21H22N2O3S. The van der Waals surface area contributed by atoms with Crippen LogP contribution in [0.25, 0.3) is 11.3 Å². The monoisotopic (exact) mass is 382 g/mol. The van der Waals surface area contributed by atoms with E-state index in [2.05, 4.69) is 10.3 Å². The van der Waals surface area contributed by atoms with Crippen LogP contribution in [-0.2, 0) is 11.2 Å². The fourth-order valence-corrected chi connectivity index (χ4v) is 3.05. The lowest BCUT2D eigenvalue weighted by Gasteiger charge is -2.05. The van der Waals surface area contributed by atoms with Gasteiger partial charge in [0.2, 0.25) is 5.91 Å². The van der Waals surface area contributed by atoms with E-state index in [-0.39, 0.29) is 5.91 Å². The Kier molecular flexibility index (Phi) is 6.54. The third-order valence-electron chi connectivity index (χ3n) is 3.92. The number of hydrogen-bond donors (Lipinski definition) is 1. The number of hydrogen-bond acceptors (Lipinski definition) is 5. The minimum atomic E-state index is -0.0610. The first-order chi connectivity index (χ1) is 13.2. The smallest absolute Gasteiger partial charge is 0.224 e. The number of aryl methyl sites for hydroxylation is 1. The number of thioether (sulfide) groups is 1. The fraction of sp³-hybridized carbons (Fsp3) is 0.238. The summed E-state index contributed by atoms with van der Waals surface area (Å²) in [6.45, 7) is 2.59. The highest BCUT2D eigenvalue weighted by atomic mass is 32.2. The molecular weight excluding hydrogens is 360 g/mol. The summed E-state index contributed by atoms with van der Waals surface area (Å²) in [6, 6.07) is 15.4. The average Bonchev–Trinajstić information content (AvgIpc) is 3.16. The second-order valence-corrected chi connectivity index (χ2v) is 6.74. The van der Waals surface area contributed by atoms with Crippen LogP contribution < -0.4 is 10.1 Å². The molecule has 27 heavy (non-hydrogen) atoms. The van der Waals surface area contributed by atoms with Gasteiger partial charge in [0.1, 0.15) is 5.75 Å². The van der Waals surface area contributed by atoms with Gasteiger partial charge in [0.15, 0.2) is 11.7 Å². The van der Waals surface area contributed by atoms with Crippen molar-refractivity contribution >= 4 is 23.4 Å². The number of nitrogens with zero attached hydrogens (tertiary/aromatic N) is 1. The molecule has 0 unspecified atom stereocenters. The number of carbonyl (C=O) groups excluding carboxylic acids is 1. The molecule has 140 valence electrons. The largest absolute Gasteiger partial charge is 0.494 e. The van der Waals surface area contributed by atoms with Crippen LogP contribution in [0.4, 0.5) is 5.69 Å². The van der Waals surface area contributed by atoms with Crippen molar-refractivity contribution in [2.75, 3.05) is 18.2 Å². The van der Waals surface area contributed by atoms with Crippen molar-refractivity contribution in [3.05, 3.63) is 60.6 Å². The lowest BCUT2D eigenvalue weighted by molar-refractivity contribution is -0.116. The van der Waals surface area contributed by atoms with Crippen LogP contribution in [0.1, 0.15) is 19.2 Å². The topological polar surface area (TPSA) is 64.4 Å². The van der Waals surface area contributed by atoms with E-state index in [9.17, 15) is 4.79 Å². The number of rotatable bonds is 8. The molecule has 0 fully saturated rings. The molecule has 0 radical (unpaired) electrons. The van der Waals surface area contributed by atoms with Gasteiger partial charge >= 0.3 is 0 Å². The van der Waals surface area contributed by atoms with Crippen LogP contribution in [0.2, 0.25) is 0 Å². The molecule has 0 aliphatic rings. The van der Waals surface area contributed by atoms with E-state index in [0.29, 0.717) is 31.1 Å². The number of ether oxygens (including phenoxy) is 1. The predicted octanol–water partition coefficient (Wildman–Crippen LogP) is 5.03. The second-order valence-electron chi connectivity index (χ2n) is 5.86. The van der Waals surface area contributed by atoms with Gasteiger partial charge in [0, 0.05) is 29.0 Å². The van der Waals surface area contributed by atoms with E-state index in [4.69, 9.17) is 9.15 Å². The Morgan fingerprint density at radius 2 is 2.04 bits per heavy atom. The summed E-state index contributed by atoms with van der Waals surface area (Å²) >= 11 is 1.64. The molecule has 0 aliphatic heterocycles. The number of carbonyl (C=O) groups is 1. The summed E-state index contributed by atoms with van der Waals surface area (Å²) in [7, 11) is 0. The van der Waals surface area contributed by atoms with Crippen molar-refractivity contribution in [2.45, 2.75) is 24.7 Å². The summed E-state index contributed by atoms with van der Waals surface area (Å²) in [4.78, 5) is 17.5. The van der Waals surface area contributed by atoms with Crippen LogP contribution in [0.3, 0.4) is 0 Å². The molecule has 6 heteroatoms. The maximum atomic E-state index is 12.2. The van der Waals surface area contributed by atoms with E-state index in [1.165, 1.54) is 0 Å². The van der Waals surface area contributed by atoms with E-state index < -0.39 is 0 Å². The Balaban J connectivity index is 1.55. The lowest BCUT2D eigenvalue weighted by Crippen LogP contribution is -2.12. The Bertz CT molecular complexity index is 890. The Hall–Kier alpha value is -2.73. The zero-order chi connectivity index (χ0) is 19.1. The Morgan fingerprint density at radius 3 is 2.78 bits per heavy atom. The molecule has 3 aromatic rings. The van der Waals surface area contributed by atoms with Crippen molar-refractivity contribution in [1.29, 1.82) is 0 Å². The maximum Gasteiger partial charge on any atom is 0.224 e. The SMILES string of the molecule is CCOc1ccc(-c2cnc(CCC(=O)Nc3cccc(SC)c3)o2)cc1. The van der Waals surface area contributed by atoms with Crippen LogP contribution in [0.5, 0.6) is 5.75 Å². The minimum Gasteiger partial charge on any atom is -0.494 e. The van der Waals surface area contributed by atoms with Crippen molar-refractivity contribution < 1.29 is 13.9 Å². The zero-order valence-corrected chi connectivity index (χ0v) is 16.2. The average molecular weight is 382 g/mol. The third-order valence-corrected chi connectivity index (χ3v) is 4.65. The van der Waals surface area contributed by atoms with E-state index in [0.717, 1.165) is 21.9 Å². The molecule has 0 saturated heterocycles. The highest BCUT2D eigenvalue weighted by Gasteiger charge is 2.10. The van der Waals surface area contributed by atoms with Gasteiger partial charge in [0.05, 0.1) is 12.8 Å². The standard InChI is InChI=1S/C21H22N2O3S/c1-3-25-17-9-7-15(8-10-17)19-14-22-21(26-19)12-11-20(24)23-16-5-4-6-18(13-16)27-2/h4-10,13-14H,3,11-12H2,1-2H3,(H,23,24). The first-order valence-corrected chi connectivity index (χ1v) is 10.0. The summed E-state index contributed by atoms with van der Waals surface area (Å²) in [6.07, 6.45) is 4.45. The fourth-order valence-electron chi connectivity index (χ4n) is 2.59. The van der Waals surface area contributed by atoms with E-state index in [1.807, 2.05) is 61.7 Å². The van der Waals surface area contributed by atoms with Crippen molar-refractivity contribution in [1.82, 2.24) is 4.98 Å². The summed E-state index contributed by atoms with van der Waals surface area (Å²) in [5.74, 6) is 1.99. The number of benzene rings is 2. The highest BCUT2D eigenvalue weighted by molar-refractivity contribution is 7.98. The number of aromatic nitrogens is 1. The van der Waals surface area contributed by atoms with Gasteiger partial charge in [-0.3, -0.25) is 4.79 Å². The first kappa shape index (κ1) is 19.0. The van der Waals surface area contributed by atoms with Gasteiger partial charge < -0.3 is 14.5 Å². The molecule has 3 rings (SSSR count). The van der Waals surface area contributed by atoms with Gasteiger partial charge in [-0.1, -0.05) is 6.07 Å². The molecule has 5 nitrogen and oxygen atoms in total. The van der Waals surface area contributed by atoms with Gasteiger partial charge in [0.25, 0.3) is 0 Å². The van der Waals surface area contributed by atoms with Crippen molar-refractivity contribution in [3.8, 4) is 17.1 Å². The number of oxazole rings is 1. The lowest BCUT2D eigenvalue weighted by atomic mass is 10.2. The molecule has 1 heterocycles. The van der Waals surface area contributed by atoms with Crippen LogP contribution in [0.15, 0.2) is 64.0 Å². The normalized spacial score (nSPS) is 10.6. The predicted molar refractivity (Wildman–Crippen MR) is 108 cm³/mol. The molecule has 2 aromatic carbocycles. The van der Waals surface area contributed by atoms with Crippen molar-refractivity contribution in [3.63, 3.8) is 0 Å². The van der Waals surface area contributed by atoms with E-state index in [1.54, 1.807) is 18.0 Å². The molecule has 1 N–H and O–H groups in total. The van der Waals surface area contributed by atoms with Gasteiger partial charge in [-0.25, -0.2) is 4.98 Å². The Labute approximate surface area is 163 Å². The van der Waals surface area contributed by atoms with Gasteiger partial charge in [-0.05, 0) is 55.6 Å². The molecule has 0 aliphatic carbocycles. The summed E-state index contributed by atoms with van der Waals surface area (Å²) in [5, 5.41) is 2.91. The number of anilines is 1. The summed E-state index contributed by atoms with van der Waals surface area (Å²) < 4.78 is 11.2. The molecule has 0 atom stereocenters. The molecule has 0 bridgehead atoms. The summed E-state index contributed by atoms with van der Waals surface area (Å²) in [5.41, 5.74) is 1.73. The van der Waals surface area contributed by atoms with Gasteiger partial charge in [-0.2, -0.15) is 0 Å². The van der Waals surface area contributed by atoms with Crippen LogP contribution in [-0.4, -0.2) is 23.8 Å².